The van der Waals surface area contributed by atoms with Gasteiger partial charge in [-0.25, -0.2) is 19.0 Å². The van der Waals surface area contributed by atoms with E-state index in [0.717, 1.165) is 0 Å². The Hall–Kier alpha value is -2.80. The minimum atomic E-state index is -3.07. The Kier molecular flexibility index (Phi) is 5.51. The molecule has 2 heterocycles. The fraction of sp³-hybridized carbons (Fsp3) is 0.176. The summed E-state index contributed by atoms with van der Waals surface area (Å²) in [6.45, 7) is -0.698. The second-order valence-electron chi connectivity index (χ2n) is 5.64. The Balaban J connectivity index is 1.79. The van der Waals surface area contributed by atoms with Crippen LogP contribution < -0.4 is 10.3 Å². The highest BCUT2D eigenvalue weighted by Crippen LogP contribution is 2.22. The Morgan fingerprint density at radius 3 is 2.37 bits per heavy atom. The summed E-state index contributed by atoms with van der Waals surface area (Å²) in [7, 11) is 1.36. The van der Waals surface area contributed by atoms with Crippen LogP contribution >= 0.6 is 9.24 Å². The highest BCUT2D eigenvalue weighted by Gasteiger charge is 2.22. The number of ether oxygens (including phenoxy) is 1. The van der Waals surface area contributed by atoms with Crippen LogP contribution in [0, 0.1) is 5.82 Å². The van der Waals surface area contributed by atoms with Crippen molar-refractivity contribution in [3.05, 3.63) is 70.5 Å². The van der Waals surface area contributed by atoms with Crippen molar-refractivity contribution >= 4 is 9.24 Å². The first kappa shape index (κ1) is 19.0. The second kappa shape index (κ2) is 7.84. The minimum absolute atomic E-state index is 0.165. The summed E-state index contributed by atoms with van der Waals surface area (Å²) >= 11 is 0. The van der Waals surface area contributed by atoms with Gasteiger partial charge in [0.25, 0.3) is 11.2 Å². The van der Waals surface area contributed by atoms with E-state index in [-0.39, 0.29) is 23.9 Å². The fourth-order valence-corrected chi connectivity index (χ4v) is 2.25. The molecule has 6 nitrogen and oxygen atoms in total. The van der Waals surface area contributed by atoms with Crippen molar-refractivity contribution in [3.8, 4) is 17.3 Å². The van der Waals surface area contributed by atoms with E-state index >= 15 is 0 Å². The van der Waals surface area contributed by atoms with Gasteiger partial charge < -0.3 is 4.74 Å². The first-order valence-electron chi connectivity index (χ1n) is 7.75. The molecule has 0 spiro atoms. The Morgan fingerprint density at radius 2 is 1.74 bits per heavy atom. The number of aromatic nitrogens is 4. The van der Waals surface area contributed by atoms with E-state index in [9.17, 15) is 18.0 Å². The van der Waals surface area contributed by atoms with Crippen molar-refractivity contribution in [2.45, 2.75) is 12.2 Å². The van der Waals surface area contributed by atoms with Gasteiger partial charge >= 0.3 is 6.01 Å². The van der Waals surface area contributed by atoms with Crippen LogP contribution in [-0.2, 0) is 6.54 Å². The molecule has 2 aromatic heterocycles. The average molecular weight is 394 g/mol. The molecule has 0 aliphatic rings. The maximum atomic E-state index is 13.0. The SMILES string of the molecule is O=c1ccc(-c2cnc(OCC(F)(F)P)nc2)nn1Cc1ccc(F)cc1. The number of hydrogen-bond donors (Lipinski definition) is 0. The lowest BCUT2D eigenvalue weighted by Crippen LogP contribution is -2.22. The Morgan fingerprint density at radius 1 is 1.07 bits per heavy atom. The predicted octanol–water partition coefficient (Wildman–Crippen LogP) is 2.73. The number of rotatable bonds is 6. The maximum absolute atomic E-state index is 13.0. The first-order valence-corrected chi connectivity index (χ1v) is 8.32. The van der Waals surface area contributed by atoms with Crippen molar-refractivity contribution in [3.63, 3.8) is 0 Å². The maximum Gasteiger partial charge on any atom is 0.316 e. The van der Waals surface area contributed by atoms with Crippen LogP contribution in [0.4, 0.5) is 13.2 Å². The largest absolute Gasteiger partial charge is 0.457 e. The van der Waals surface area contributed by atoms with Crippen molar-refractivity contribution < 1.29 is 17.9 Å². The van der Waals surface area contributed by atoms with E-state index in [1.807, 2.05) is 0 Å². The lowest BCUT2D eigenvalue weighted by Gasteiger charge is -2.10. The monoisotopic (exact) mass is 394 g/mol. The lowest BCUT2D eigenvalue weighted by molar-refractivity contribution is 0.0422. The van der Waals surface area contributed by atoms with E-state index in [1.54, 1.807) is 12.1 Å². The zero-order valence-corrected chi connectivity index (χ0v) is 15.0. The molecule has 0 N–H and O–H groups in total. The predicted molar refractivity (Wildman–Crippen MR) is 95.2 cm³/mol. The third-order valence-electron chi connectivity index (χ3n) is 3.43. The third-order valence-corrected chi connectivity index (χ3v) is 3.60. The molecule has 0 fully saturated rings. The van der Waals surface area contributed by atoms with Crippen LogP contribution in [0.15, 0.2) is 53.6 Å². The summed E-state index contributed by atoms with van der Waals surface area (Å²) in [6, 6.07) is 8.37. The van der Waals surface area contributed by atoms with Gasteiger partial charge in [-0.05, 0) is 23.8 Å². The van der Waals surface area contributed by atoms with E-state index in [2.05, 4.69) is 15.1 Å². The van der Waals surface area contributed by atoms with Crippen LogP contribution in [0.1, 0.15) is 5.56 Å². The molecular formula is C17H14F3N4O2P. The molecule has 0 aliphatic carbocycles. The zero-order chi connectivity index (χ0) is 19.4. The number of benzene rings is 1. The highest BCUT2D eigenvalue weighted by molar-refractivity contribution is 7.18. The van der Waals surface area contributed by atoms with E-state index in [1.165, 1.54) is 50.6 Å². The van der Waals surface area contributed by atoms with Gasteiger partial charge in [-0.3, -0.25) is 4.79 Å². The lowest BCUT2D eigenvalue weighted by atomic mass is 10.2. The van der Waals surface area contributed by atoms with Crippen molar-refractivity contribution in [2.24, 2.45) is 0 Å². The molecular weight excluding hydrogens is 380 g/mol. The van der Waals surface area contributed by atoms with Gasteiger partial charge in [-0.1, -0.05) is 21.4 Å². The standard InChI is InChI=1S/C17H14F3N4O2P/c18-13-3-1-11(2-4-13)9-24-15(25)6-5-14(23-24)12-7-21-16(22-8-12)26-10-17(19,20)27/h1-8H,9-10,27H2. The molecule has 0 saturated heterocycles. The van der Waals surface area contributed by atoms with Crippen LogP contribution in [0.2, 0.25) is 0 Å². The molecule has 10 heteroatoms. The third kappa shape index (κ3) is 5.34. The number of nitrogens with zero attached hydrogens (tertiary/aromatic N) is 4. The van der Waals surface area contributed by atoms with E-state index < -0.39 is 12.3 Å². The normalized spacial score (nSPS) is 11.4. The average Bonchev–Trinajstić information content (AvgIpc) is 2.63. The van der Waals surface area contributed by atoms with Gasteiger partial charge in [0.1, 0.15) is 5.82 Å². The minimum Gasteiger partial charge on any atom is -0.457 e. The second-order valence-corrected chi connectivity index (χ2v) is 6.49. The van der Waals surface area contributed by atoms with Crippen LogP contribution in [0.3, 0.4) is 0 Å². The van der Waals surface area contributed by atoms with Crippen molar-refractivity contribution in [2.75, 3.05) is 6.61 Å². The number of halogens is 3. The zero-order valence-electron chi connectivity index (χ0n) is 13.8. The highest BCUT2D eigenvalue weighted by atomic mass is 31.0. The number of hydrogen-bond acceptors (Lipinski definition) is 5. The molecule has 3 aromatic rings. The van der Waals surface area contributed by atoms with Crippen LogP contribution in [0.5, 0.6) is 6.01 Å². The fourth-order valence-electron chi connectivity index (χ4n) is 2.16. The van der Waals surface area contributed by atoms with Gasteiger partial charge in [-0.2, -0.15) is 13.9 Å². The Bertz CT molecular complexity index is 973. The van der Waals surface area contributed by atoms with Crippen molar-refractivity contribution in [1.82, 2.24) is 19.7 Å². The Labute approximate surface area is 154 Å². The first-order chi connectivity index (χ1) is 12.8. The molecule has 1 unspecified atom stereocenters. The van der Waals surface area contributed by atoms with Crippen LogP contribution in [-0.4, -0.2) is 32.0 Å². The molecule has 3 rings (SSSR count). The quantitative estimate of drug-likeness (QED) is 0.602. The number of alkyl halides is 2. The summed E-state index contributed by atoms with van der Waals surface area (Å²) in [5.74, 6) is -0.369. The molecule has 27 heavy (non-hydrogen) atoms. The topological polar surface area (TPSA) is 69.9 Å². The molecule has 0 radical (unpaired) electrons. The van der Waals surface area contributed by atoms with Gasteiger partial charge in [-0.15, -0.1) is 0 Å². The summed E-state index contributed by atoms with van der Waals surface area (Å²) in [6.07, 6.45) is 2.72. The van der Waals surface area contributed by atoms with Gasteiger partial charge in [0, 0.05) is 24.0 Å². The van der Waals surface area contributed by atoms with Gasteiger partial charge in [0.2, 0.25) is 0 Å². The van der Waals surface area contributed by atoms with E-state index in [0.29, 0.717) is 16.8 Å². The van der Waals surface area contributed by atoms with Crippen molar-refractivity contribution in [1.29, 1.82) is 0 Å². The van der Waals surface area contributed by atoms with E-state index in [4.69, 9.17) is 4.74 Å². The van der Waals surface area contributed by atoms with Crippen LogP contribution in [0.25, 0.3) is 11.3 Å². The molecule has 140 valence electrons. The van der Waals surface area contributed by atoms with Gasteiger partial charge in [0.05, 0.1) is 12.2 Å². The smallest absolute Gasteiger partial charge is 0.316 e. The molecule has 0 saturated carbocycles. The summed E-state index contributed by atoms with van der Waals surface area (Å²) in [4.78, 5) is 19.7. The molecule has 1 aromatic carbocycles. The summed E-state index contributed by atoms with van der Waals surface area (Å²) < 4.78 is 44.5. The summed E-state index contributed by atoms with van der Waals surface area (Å²) in [5, 5.41) is 4.24. The molecule has 1 atom stereocenters. The molecule has 0 aliphatic heterocycles. The molecule has 0 amide bonds. The summed E-state index contributed by atoms with van der Waals surface area (Å²) in [5.41, 5.74) is -1.79. The molecule has 0 bridgehead atoms. The van der Waals surface area contributed by atoms with Gasteiger partial charge in [0.15, 0.2) is 6.61 Å².